The van der Waals surface area contributed by atoms with Crippen LogP contribution in [0.15, 0.2) is 36.5 Å². The van der Waals surface area contributed by atoms with Crippen LogP contribution >= 0.6 is 11.6 Å². The van der Waals surface area contributed by atoms with Gasteiger partial charge in [0.15, 0.2) is 11.6 Å². The van der Waals surface area contributed by atoms with Crippen molar-refractivity contribution in [2.45, 2.75) is 40.3 Å². The molecule has 7 nitrogen and oxygen atoms in total. The van der Waals surface area contributed by atoms with Crippen molar-refractivity contribution >= 4 is 34.3 Å². The number of hydrogen-bond acceptors (Lipinski definition) is 6. The summed E-state index contributed by atoms with van der Waals surface area (Å²) in [6.07, 6.45) is 1.09. The second-order valence-corrected chi connectivity index (χ2v) is 10.4. The summed E-state index contributed by atoms with van der Waals surface area (Å²) in [6, 6.07) is 8.77. The third kappa shape index (κ3) is 5.36. The van der Waals surface area contributed by atoms with Gasteiger partial charge < -0.3 is 14.8 Å². The highest BCUT2D eigenvalue weighted by Gasteiger charge is 2.19. The first-order chi connectivity index (χ1) is 18.2. The SMILES string of the molecule is CCN1CCN(Cc2ccc(Nc3ncc(F)c(-c4cc(F)c5nc(C)n(C(C)C)c5c4)n3)cc2Cl)CC1. The standard InChI is InChI=1S/C28H32ClF2N7/c1-5-36-8-10-37(11-9-36)16-19-6-7-21(14-22(19)29)34-28-32-15-24(31)26(35-28)20-12-23(30)27-25(13-20)38(17(2)3)18(4)33-27/h6-7,12-15,17H,5,8-11,16H2,1-4H3,(H,32,34,35). The third-order valence-corrected chi connectivity index (χ3v) is 7.43. The number of aryl methyl sites for hydroxylation is 1. The average Bonchev–Trinajstić information content (AvgIpc) is 3.24. The van der Waals surface area contributed by atoms with E-state index >= 15 is 0 Å². The summed E-state index contributed by atoms with van der Waals surface area (Å²) < 4.78 is 31.8. The minimum atomic E-state index is -0.641. The summed E-state index contributed by atoms with van der Waals surface area (Å²) in [7, 11) is 0. The maximum absolute atomic E-state index is 15.0. The molecular weight excluding hydrogens is 508 g/mol. The molecule has 1 saturated heterocycles. The van der Waals surface area contributed by atoms with E-state index in [0.717, 1.165) is 51.0 Å². The number of piperazine rings is 1. The van der Waals surface area contributed by atoms with Crippen LogP contribution in [0.5, 0.6) is 0 Å². The zero-order chi connectivity index (χ0) is 27.0. The van der Waals surface area contributed by atoms with Crippen LogP contribution in [0, 0.1) is 18.6 Å². The van der Waals surface area contributed by atoms with Crippen molar-refractivity contribution in [1.82, 2.24) is 29.3 Å². The predicted molar refractivity (Wildman–Crippen MR) is 148 cm³/mol. The molecule has 1 fully saturated rings. The molecule has 4 aromatic rings. The Morgan fingerprint density at radius 2 is 1.74 bits per heavy atom. The van der Waals surface area contributed by atoms with E-state index in [4.69, 9.17) is 11.6 Å². The Bertz CT molecular complexity index is 1460. The Kier molecular flexibility index (Phi) is 7.61. The molecule has 0 radical (unpaired) electrons. The molecule has 0 saturated carbocycles. The topological polar surface area (TPSA) is 62.1 Å². The van der Waals surface area contributed by atoms with Gasteiger partial charge in [-0.15, -0.1) is 0 Å². The van der Waals surface area contributed by atoms with E-state index in [2.05, 4.69) is 37.0 Å². The maximum Gasteiger partial charge on any atom is 0.227 e. The highest BCUT2D eigenvalue weighted by molar-refractivity contribution is 6.31. The summed E-state index contributed by atoms with van der Waals surface area (Å²) in [5.41, 5.74) is 2.90. The van der Waals surface area contributed by atoms with E-state index in [0.29, 0.717) is 27.6 Å². The number of anilines is 2. The number of likely N-dealkylation sites (N-methyl/N-ethyl adjacent to an activating group) is 1. The zero-order valence-corrected chi connectivity index (χ0v) is 22.9. The van der Waals surface area contributed by atoms with Crippen LogP contribution in [0.2, 0.25) is 5.02 Å². The van der Waals surface area contributed by atoms with Gasteiger partial charge in [-0.1, -0.05) is 24.6 Å². The first-order valence-electron chi connectivity index (χ1n) is 12.9. The molecule has 10 heteroatoms. The average molecular weight is 540 g/mol. The Hall–Kier alpha value is -3.14. The number of aromatic nitrogens is 4. The Morgan fingerprint density at radius 3 is 2.42 bits per heavy atom. The van der Waals surface area contributed by atoms with Gasteiger partial charge in [0.1, 0.15) is 17.0 Å². The van der Waals surface area contributed by atoms with Gasteiger partial charge in [0.05, 0.1) is 11.7 Å². The molecule has 5 rings (SSSR count). The van der Waals surface area contributed by atoms with Gasteiger partial charge in [-0.25, -0.2) is 23.7 Å². The summed E-state index contributed by atoms with van der Waals surface area (Å²) in [5.74, 6) is -0.278. The lowest BCUT2D eigenvalue weighted by Crippen LogP contribution is -2.45. The van der Waals surface area contributed by atoms with Crippen molar-refractivity contribution in [3.05, 3.63) is 64.6 Å². The van der Waals surface area contributed by atoms with E-state index in [9.17, 15) is 8.78 Å². The molecule has 200 valence electrons. The number of nitrogens with one attached hydrogen (secondary N) is 1. The first kappa shape index (κ1) is 26.5. The molecule has 2 aromatic carbocycles. The van der Waals surface area contributed by atoms with Gasteiger partial charge in [0, 0.05) is 55.0 Å². The number of halogens is 3. The highest BCUT2D eigenvalue weighted by Crippen LogP contribution is 2.31. The maximum atomic E-state index is 15.0. The molecular formula is C28H32ClF2N7. The second kappa shape index (κ2) is 10.9. The van der Waals surface area contributed by atoms with Gasteiger partial charge >= 0.3 is 0 Å². The van der Waals surface area contributed by atoms with Gasteiger partial charge in [0.2, 0.25) is 5.95 Å². The number of fused-ring (bicyclic) bond motifs is 1. The normalized spacial score (nSPS) is 15.1. The van der Waals surface area contributed by atoms with Crippen LogP contribution in [0.1, 0.15) is 38.2 Å². The Balaban J connectivity index is 1.38. The molecule has 0 unspecified atom stereocenters. The molecule has 0 bridgehead atoms. The summed E-state index contributed by atoms with van der Waals surface area (Å²) in [6.45, 7) is 14.0. The van der Waals surface area contributed by atoms with Gasteiger partial charge in [-0.3, -0.25) is 4.90 Å². The lowest BCUT2D eigenvalue weighted by molar-refractivity contribution is 0.132. The van der Waals surface area contributed by atoms with E-state index in [1.165, 1.54) is 6.07 Å². The lowest BCUT2D eigenvalue weighted by Gasteiger charge is -2.34. The van der Waals surface area contributed by atoms with Crippen molar-refractivity contribution < 1.29 is 8.78 Å². The third-order valence-electron chi connectivity index (χ3n) is 7.07. The monoisotopic (exact) mass is 539 g/mol. The molecule has 0 amide bonds. The van der Waals surface area contributed by atoms with Crippen molar-refractivity contribution in [3.63, 3.8) is 0 Å². The molecule has 1 aliphatic heterocycles. The largest absolute Gasteiger partial charge is 0.326 e. The minimum Gasteiger partial charge on any atom is -0.326 e. The number of rotatable bonds is 7. The molecule has 0 spiro atoms. The summed E-state index contributed by atoms with van der Waals surface area (Å²) in [5, 5.41) is 3.75. The highest BCUT2D eigenvalue weighted by atomic mass is 35.5. The number of benzene rings is 2. The summed E-state index contributed by atoms with van der Waals surface area (Å²) in [4.78, 5) is 17.7. The zero-order valence-electron chi connectivity index (χ0n) is 22.1. The molecule has 0 aliphatic carbocycles. The molecule has 1 aliphatic rings. The second-order valence-electron chi connectivity index (χ2n) is 9.98. The van der Waals surface area contributed by atoms with Crippen molar-refractivity contribution in [2.24, 2.45) is 0 Å². The molecule has 3 heterocycles. The van der Waals surface area contributed by atoms with E-state index < -0.39 is 11.6 Å². The van der Waals surface area contributed by atoms with Gasteiger partial charge in [0.25, 0.3) is 0 Å². The van der Waals surface area contributed by atoms with Crippen LogP contribution < -0.4 is 5.32 Å². The fraction of sp³-hybridized carbons (Fsp3) is 0.393. The van der Waals surface area contributed by atoms with Crippen molar-refractivity contribution in [3.8, 4) is 11.3 Å². The van der Waals surface area contributed by atoms with Crippen LogP contribution in [-0.4, -0.2) is 62.0 Å². The number of imidazole rings is 1. The van der Waals surface area contributed by atoms with Gasteiger partial charge in [-0.05, 0) is 57.1 Å². The first-order valence-corrected chi connectivity index (χ1v) is 13.3. The number of hydrogen-bond donors (Lipinski definition) is 1. The molecule has 38 heavy (non-hydrogen) atoms. The van der Waals surface area contributed by atoms with Crippen LogP contribution in [-0.2, 0) is 6.54 Å². The molecule has 1 N–H and O–H groups in total. The Morgan fingerprint density at radius 1 is 1.00 bits per heavy atom. The van der Waals surface area contributed by atoms with E-state index in [-0.39, 0.29) is 23.2 Å². The Labute approximate surface area is 226 Å². The van der Waals surface area contributed by atoms with Crippen LogP contribution in [0.4, 0.5) is 20.4 Å². The number of nitrogens with zero attached hydrogens (tertiary/aromatic N) is 6. The fourth-order valence-electron chi connectivity index (χ4n) is 5.07. The lowest BCUT2D eigenvalue weighted by atomic mass is 10.1. The molecule has 2 aromatic heterocycles. The van der Waals surface area contributed by atoms with Crippen LogP contribution in [0.3, 0.4) is 0 Å². The fourth-order valence-corrected chi connectivity index (χ4v) is 5.31. The summed E-state index contributed by atoms with van der Waals surface area (Å²) >= 11 is 6.61. The smallest absolute Gasteiger partial charge is 0.227 e. The van der Waals surface area contributed by atoms with Gasteiger partial charge in [-0.2, -0.15) is 0 Å². The van der Waals surface area contributed by atoms with E-state index in [1.807, 2.05) is 43.5 Å². The molecule has 0 atom stereocenters. The van der Waals surface area contributed by atoms with Crippen molar-refractivity contribution in [2.75, 3.05) is 38.0 Å². The minimum absolute atomic E-state index is 0.00592. The van der Waals surface area contributed by atoms with Crippen LogP contribution in [0.25, 0.3) is 22.3 Å². The van der Waals surface area contributed by atoms with Crippen molar-refractivity contribution in [1.29, 1.82) is 0 Å². The predicted octanol–water partition coefficient (Wildman–Crippen LogP) is 6.20. The quantitative estimate of drug-likeness (QED) is 0.302. The van der Waals surface area contributed by atoms with E-state index in [1.54, 1.807) is 6.07 Å².